The van der Waals surface area contributed by atoms with Gasteiger partial charge in [0.2, 0.25) is 0 Å². The second kappa shape index (κ2) is 12.2. The summed E-state index contributed by atoms with van der Waals surface area (Å²) in [6, 6.07) is 16.1. The molecule has 0 bridgehead atoms. The van der Waals surface area contributed by atoms with Crippen LogP contribution >= 0.6 is 11.8 Å². The zero-order valence-electron chi connectivity index (χ0n) is 13.8. The monoisotopic (exact) mass is 306 g/mol. The van der Waals surface area contributed by atoms with E-state index in [2.05, 4.69) is 0 Å². The maximum Gasteiger partial charge on any atom is 0.118 e. The van der Waals surface area contributed by atoms with E-state index in [1.807, 2.05) is 76.2 Å². The quantitative estimate of drug-likeness (QED) is 0.700. The minimum Gasteiger partial charge on any atom is -0.497 e. The first-order valence-electron chi connectivity index (χ1n) is 7.28. The third kappa shape index (κ3) is 7.09. The van der Waals surface area contributed by atoms with Crippen LogP contribution < -0.4 is 9.47 Å². The predicted octanol–water partition coefficient (Wildman–Crippen LogP) is 5.91. The molecule has 0 unspecified atom stereocenters. The number of hydrogen-bond acceptors (Lipinski definition) is 3. The van der Waals surface area contributed by atoms with Crippen LogP contribution in [0.15, 0.2) is 58.3 Å². The molecular formula is C18H26O2S. The van der Waals surface area contributed by atoms with Crippen molar-refractivity contribution in [1.29, 1.82) is 0 Å². The van der Waals surface area contributed by atoms with Crippen LogP contribution in [0.2, 0.25) is 0 Å². The molecule has 116 valence electrons. The zero-order chi connectivity index (χ0) is 16.1. The summed E-state index contributed by atoms with van der Waals surface area (Å²) in [5.74, 6) is 1.76. The van der Waals surface area contributed by atoms with Crippen molar-refractivity contribution >= 4 is 11.8 Å². The summed E-state index contributed by atoms with van der Waals surface area (Å²) in [7, 11) is 3.34. The van der Waals surface area contributed by atoms with E-state index in [1.165, 1.54) is 9.79 Å². The normalized spacial score (nSPS) is 8.67. The Morgan fingerprint density at radius 1 is 0.571 bits per heavy atom. The van der Waals surface area contributed by atoms with Crippen LogP contribution in [0.4, 0.5) is 0 Å². The number of benzene rings is 2. The van der Waals surface area contributed by atoms with Crippen molar-refractivity contribution in [2.75, 3.05) is 14.2 Å². The van der Waals surface area contributed by atoms with Gasteiger partial charge >= 0.3 is 0 Å². The first-order valence-corrected chi connectivity index (χ1v) is 8.09. The number of ether oxygens (including phenoxy) is 2. The van der Waals surface area contributed by atoms with Crippen LogP contribution in [0, 0.1) is 0 Å². The molecule has 0 N–H and O–H groups in total. The fourth-order valence-corrected chi connectivity index (χ4v) is 2.24. The number of hydrogen-bond donors (Lipinski definition) is 0. The molecule has 2 aromatic rings. The third-order valence-electron chi connectivity index (χ3n) is 2.35. The summed E-state index contributed by atoms with van der Waals surface area (Å²) >= 11 is 1.71. The van der Waals surface area contributed by atoms with Crippen molar-refractivity contribution in [3.8, 4) is 11.5 Å². The first-order chi connectivity index (χ1) is 10.3. The Morgan fingerprint density at radius 2 is 0.857 bits per heavy atom. The number of methoxy groups -OCH3 is 2. The van der Waals surface area contributed by atoms with Crippen LogP contribution in [0.1, 0.15) is 27.7 Å². The third-order valence-corrected chi connectivity index (χ3v) is 3.37. The van der Waals surface area contributed by atoms with E-state index in [4.69, 9.17) is 9.47 Å². The highest BCUT2D eigenvalue weighted by Gasteiger charge is 1.98. The Hall–Kier alpha value is -1.61. The topological polar surface area (TPSA) is 18.5 Å². The molecule has 0 heterocycles. The van der Waals surface area contributed by atoms with E-state index in [0.717, 1.165) is 11.5 Å². The van der Waals surface area contributed by atoms with Crippen LogP contribution in [-0.4, -0.2) is 14.2 Å². The van der Waals surface area contributed by atoms with Gasteiger partial charge in [-0.1, -0.05) is 39.5 Å². The molecule has 0 aromatic heterocycles. The van der Waals surface area contributed by atoms with E-state index in [0.29, 0.717) is 0 Å². The van der Waals surface area contributed by atoms with Crippen molar-refractivity contribution in [2.45, 2.75) is 37.5 Å². The molecule has 2 nitrogen and oxygen atoms in total. The van der Waals surface area contributed by atoms with Crippen molar-refractivity contribution in [2.24, 2.45) is 0 Å². The van der Waals surface area contributed by atoms with E-state index in [9.17, 15) is 0 Å². The molecular weight excluding hydrogens is 280 g/mol. The summed E-state index contributed by atoms with van der Waals surface area (Å²) in [5.41, 5.74) is 0. The lowest BCUT2D eigenvalue weighted by Gasteiger charge is -2.04. The van der Waals surface area contributed by atoms with Gasteiger partial charge in [0, 0.05) is 9.79 Å². The maximum absolute atomic E-state index is 5.12. The van der Waals surface area contributed by atoms with Gasteiger partial charge in [-0.3, -0.25) is 0 Å². The van der Waals surface area contributed by atoms with E-state index in [-0.39, 0.29) is 0 Å². The van der Waals surface area contributed by atoms with Crippen LogP contribution in [0.5, 0.6) is 11.5 Å². The Labute approximate surface area is 133 Å². The Kier molecular flexibility index (Phi) is 11.2. The van der Waals surface area contributed by atoms with Gasteiger partial charge in [-0.05, 0) is 48.5 Å². The molecule has 0 saturated carbocycles. The minimum absolute atomic E-state index is 0.879. The molecule has 0 fully saturated rings. The Bertz CT molecular complexity index is 418. The molecule has 0 amide bonds. The standard InChI is InChI=1S/C14H14O2S.2C2H6/c1-15-11-3-7-13(8-4-11)17-14-9-5-12(16-2)6-10-14;2*1-2/h3-10H,1-2H3;2*1-2H3. The summed E-state index contributed by atoms with van der Waals surface area (Å²) in [6.45, 7) is 8.00. The highest BCUT2D eigenvalue weighted by Crippen LogP contribution is 2.29. The lowest BCUT2D eigenvalue weighted by Crippen LogP contribution is -1.82. The molecule has 0 aliphatic carbocycles. The number of rotatable bonds is 4. The fraction of sp³-hybridized carbons (Fsp3) is 0.333. The van der Waals surface area contributed by atoms with Gasteiger partial charge < -0.3 is 9.47 Å². The Morgan fingerprint density at radius 3 is 1.10 bits per heavy atom. The molecule has 2 aromatic carbocycles. The highest BCUT2D eigenvalue weighted by atomic mass is 32.2. The average molecular weight is 306 g/mol. The molecule has 21 heavy (non-hydrogen) atoms. The van der Waals surface area contributed by atoms with Crippen LogP contribution in [0.3, 0.4) is 0 Å². The summed E-state index contributed by atoms with van der Waals surface area (Å²) < 4.78 is 10.2. The minimum atomic E-state index is 0.879. The molecule has 0 saturated heterocycles. The summed E-state index contributed by atoms with van der Waals surface area (Å²) in [5, 5.41) is 0. The summed E-state index contributed by atoms with van der Waals surface area (Å²) in [6.07, 6.45) is 0. The smallest absolute Gasteiger partial charge is 0.118 e. The molecule has 2 rings (SSSR count). The van der Waals surface area contributed by atoms with E-state index in [1.54, 1.807) is 26.0 Å². The zero-order valence-corrected chi connectivity index (χ0v) is 14.7. The van der Waals surface area contributed by atoms with Crippen LogP contribution in [0.25, 0.3) is 0 Å². The van der Waals surface area contributed by atoms with E-state index >= 15 is 0 Å². The molecule has 0 aliphatic heterocycles. The van der Waals surface area contributed by atoms with Crippen LogP contribution in [-0.2, 0) is 0 Å². The highest BCUT2D eigenvalue weighted by molar-refractivity contribution is 7.99. The molecule has 3 heteroatoms. The van der Waals surface area contributed by atoms with Gasteiger partial charge in [0.1, 0.15) is 11.5 Å². The molecule has 0 radical (unpaired) electrons. The largest absolute Gasteiger partial charge is 0.497 e. The van der Waals surface area contributed by atoms with Crippen molar-refractivity contribution in [3.05, 3.63) is 48.5 Å². The predicted molar refractivity (Wildman–Crippen MR) is 92.8 cm³/mol. The molecule has 0 atom stereocenters. The van der Waals surface area contributed by atoms with Gasteiger partial charge in [-0.2, -0.15) is 0 Å². The molecule has 0 aliphatic rings. The lowest BCUT2D eigenvalue weighted by atomic mass is 10.3. The van der Waals surface area contributed by atoms with Gasteiger partial charge in [0.05, 0.1) is 14.2 Å². The first kappa shape index (κ1) is 19.4. The second-order valence-corrected chi connectivity index (χ2v) is 4.60. The van der Waals surface area contributed by atoms with Gasteiger partial charge in [-0.15, -0.1) is 0 Å². The lowest BCUT2D eigenvalue weighted by molar-refractivity contribution is 0.414. The van der Waals surface area contributed by atoms with Gasteiger partial charge in [0.15, 0.2) is 0 Å². The second-order valence-electron chi connectivity index (χ2n) is 3.45. The van der Waals surface area contributed by atoms with Crippen molar-refractivity contribution in [1.82, 2.24) is 0 Å². The average Bonchev–Trinajstić information content (AvgIpc) is 2.60. The van der Waals surface area contributed by atoms with Gasteiger partial charge in [-0.25, -0.2) is 0 Å². The Balaban J connectivity index is 0.000000921. The molecule has 0 spiro atoms. The van der Waals surface area contributed by atoms with E-state index < -0.39 is 0 Å². The SMILES string of the molecule is CC.CC.COc1ccc(Sc2ccc(OC)cc2)cc1. The summed E-state index contributed by atoms with van der Waals surface area (Å²) in [4.78, 5) is 2.38. The maximum atomic E-state index is 5.12. The fourth-order valence-electron chi connectivity index (χ4n) is 1.42. The van der Waals surface area contributed by atoms with Gasteiger partial charge in [0.25, 0.3) is 0 Å². The van der Waals surface area contributed by atoms with Crippen molar-refractivity contribution < 1.29 is 9.47 Å². The van der Waals surface area contributed by atoms with Crippen molar-refractivity contribution in [3.63, 3.8) is 0 Å².